The van der Waals surface area contributed by atoms with Crippen LogP contribution >= 0.6 is 11.6 Å². The van der Waals surface area contributed by atoms with Crippen LogP contribution in [0, 0.1) is 0 Å². The fourth-order valence-corrected chi connectivity index (χ4v) is 1.67. The highest BCUT2D eigenvalue weighted by Crippen LogP contribution is 2.30. The molecule has 1 heterocycles. The Labute approximate surface area is 93.5 Å². The average molecular weight is 222 g/mol. The standard InChI is InChI=1S/C11H12ClN3/c1-15(9-4-5-14-7-9)11-3-2-8(12)6-10(11)13/h2-7,14H,13H2,1H3. The van der Waals surface area contributed by atoms with Gasteiger partial charge in [0.2, 0.25) is 0 Å². The van der Waals surface area contributed by atoms with Crippen LogP contribution in [0.15, 0.2) is 36.7 Å². The summed E-state index contributed by atoms with van der Waals surface area (Å²) in [7, 11) is 1.96. The van der Waals surface area contributed by atoms with E-state index in [-0.39, 0.29) is 0 Å². The summed E-state index contributed by atoms with van der Waals surface area (Å²) >= 11 is 5.84. The van der Waals surface area contributed by atoms with Crippen LogP contribution in [0.25, 0.3) is 0 Å². The van der Waals surface area contributed by atoms with E-state index >= 15 is 0 Å². The summed E-state index contributed by atoms with van der Waals surface area (Å²) in [5.74, 6) is 0. The third-order valence-electron chi connectivity index (χ3n) is 2.32. The molecule has 0 atom stereocenters. The molecule has 0 spiro atoms. The van der Waals surface area contributed by atoms with E-state index in [0.29, 0.717) is 10.7 Å². The fraction of sp³-hybridized carbons (Fsp3) is 0.0909. The van der Waals surface area contributed by atoms with E-state index in [0.717, 1.165) is 11.4 Å². The molecule has 78 valence electrons. The normalized spacial score (nSPS) is 10.3. The number of benzene rings is 1. The number of halogens is 1. The zero-order valence-electron chi connectivity index (χ0n) is 8.37. The van der Waals surface area contributed by atoms with Crippen molar-refractivity contribution in [2.24, 2.45) is 0 Å². The van der Waals surface area contributed by atoms with Crippen molar-refractivity contribution in [3.05, 3.63) is 41.7 Å². The molecule has 2 rings (SSSR count). The molecule has 0 aliphatic rings. The Balaban J connectivity index is 2.38. The number of nitrogens with zero attached hydrogens (tertiary/aromatic N) is 1. The third-order valence-corrected chi connectivity index (χ3v) is 2.55. The minimum atomic E-state index is 0.652. The van der Waals surface area contributed by atoms with Crippen molar-refractivity contribution in [3.8, 4) is 0 Å². The van der Waals surface area contributed by atoms with Crippen molar-refractivity contribution >= 4 is 28.7 Å². The van der Waals surface area contributed by atoms with Crippen LogP contribution in [-0.2, 0) is 0 Å². The summed E-state index contributed by atoms with van der Waals surface area (Å²) in [6, 6.07) is 7.47. The number of hydrogen-bond acceptors (Lipinski definition) is 2. The van der Waals surface area contributed by atoms with E-state index in [2.05, 4.69) is 4.98 Å². The van der Waals surface area contributed by atoms with E-state index < -0.39 is 0 Å². The summed E-state index contributed by atoms with van der Waals surface area (Å²) in [6.45, 7) is 0. The first-order chi connectivity index (χ1) is 7.18. The van der Waals surface area contributed by atoms with Gasteiger partial charge in [0, 0.05) is 24.5 Å². The van der Waals surface area contributed by atoms with Gasteiger partial charge in [-0.25, -0.2) is 0 Å². The summed E-state index contributed by atoms with van der Waals surface area (Å²) in [5.41, 5.74) is 8.57. The first-order valence-electron chi connectivity index (χ1n) is 4.60. The van der Waals surface area contributed by atoms with Gasteiger partial charge in [0.25, 0.3) is 0 Å². The first kappa shape index (κ1) is 9.93. The number of rotatable bonds is 2. The summed E-state index contributed by atoms with van der Waals surface area (Å²) in [4.78, 5) is 5.00. The second kappa shape index (κ2) is 3.87. The van der Waals surface area contributed by atoms with Crippen molar-refractivity contribution < 1.29 is 0 Å². The third kappa shape index (κ3) is 1.92. The van der Waals surface area contributed by atoms with Crippen LogP contribution in [-0.4, -0.2) is 12.0 Å². The van der Waals surface area contributed by atoms with Crippen molar-refractivity contribution in [2.75, 3.05) is 17.7 Å². The van der Waals surface area contributed by atoms with Crippen LogP contribution in [0.5, 0.6) is 0 Å². The predicted molar refractivity (Wildman–Crippen MR) is 64.7 cm³/mol. The number of aromatic nitrogens is 1. The van der Waals surface area contributed by atoms with Gasteiger partial charge in [-0.3, -0.25) is 0 Å². The van der Waals surface area contributed by atoms with Crippen LogP contribution < -0.4 is 10.6 Å². The highest BCUT2D eigenvalue weighted by molar-refractivity contribution is 6.31. The lowest BCUT2D eigenvalue weighted by atomic mass is 10.2. The highest BCUT2D eigenvalue weighted by Gasteiger charge is 2.07. The number of H-pyrrole nitrogens is 1. The van der Waals surface area contributed by atoms with E-state index in [1.165, 1.54) is 0 Å². The molecule has 15 heavy (non-hydrogen) atoms. The van der Waals surface area contributed by atoms with Crippen LogP contribution in [0.1, 0.15) is 0 Å². The molecule has 3 nitrogen and oxygen atoms in total. The monoisotopic (exact) mass is 221 g/mol. The number of hydrogen-bond donors (Lipinski definition) is 2. The fourth-order valence-electron chi connectivity index (χ4n) is 1.49. The molecule has 1 aromatic carbocycles. The predicted octanol–water partition coefficient (Wildman–Crippen LogP) is 3.02. The molecule has 1 aromatic heterocycles. The lowest BCUT2D eigenvalue weighted by Crippen LogP contribution is -2.10. The van der Waals surface area contributed by atoms with Gasteiger partial charge >= 0.3 is 0 Å². The summed E-state index contributed by atoms with van der Waals surface area (Å²) in [6.07, 6.45) is 3.78. The first-order valence-corrected chi connectivity index (χ1v) is 4.98. The molecule has 0 aliphatic carbocycles. The van der Waals surface area contributed by atoms with E-state index in [4.69, 9.17) is 17.3 Å². The minimum Gasteiger partial charge on any atom is -0.397 e. The Kier molecular flexibility index (Phi) is 2.56. The molecule has 0 unspecified atom stereocenters. The van der Waals surface area contributed by atoms with Gasteiger partial charge in [0.15, 0.2) is 0 Å². The van der Waals surface area contributed by atoms with Crippen molar-refractivity contribution in [1.82, 2.24) is 4.98 Å². The maximum atomic E-state index is 5.89. The largest absolute Gasteiger partial charge is 0.397 e. The molecular formula is C11H12ClN3. The Morgan fingerprint density at radius 1 is 1.33 bits per heavy atom. The lowest BCUT2D eigenvalue weighted by Gasteiger charge is -2.19. The number of nitrogen functional groups attached to an aromatic ring is 1. The topological polar surface area (TPSA) is 45.0 Å². The van der Waals surface area contributed by atoms with Crippen LogP contribution in [0.3, 0.4) is 0 Å². The molecule has 0 fully saturated rings. The van der Waals surface area contributed by atoms with Gasteiger partial charge in [-0.2, -0.15) is 0 Å². The Bertz CT molecular complexity index is 451. The second-order valence-corrected chi connectivity index (χ2v) is 3.77. The summed E-state index contributed by atoms with van der Waals surface area (Å²) < 4.78 is 0. The zero-order chi connectivity index (χ0) is 10.8. The second-order valence-electron chi connectivity index (χ2n) is 3.33. The van der Waals surface area contributed by atoms with Crippen molar-refractivity contribution in [2.45, 2.75) is 0 Å². The Morgan fingerprint density at radius 2 is 2.13 bits per heavy atom. The minimum absolute atomic E-state index is 0.652. The van der Waals surface area contributed by atoms with Gasteiger partial charge in [-0.1, -0.05) is 11.6 Å². The van der Waals surface area contributed by atoms with Gasteiger partial charge in [0.1, 0.15) is 0 Å². The molecule has 0 radical (unpaired) electrons. The molecule has 4 heteroatoms. The maximum Gasteiger partial charge on any atom is 0.0643 e. The molecule has 0 saturated heterocycles. The van der Waals surface area contributed by atoms with Crippen LogP contribution in [0.4, 0.5) is 17.1 Å². The van der Waals surface area contributed by atoms with Gasteiger partial charge in [-0.05, 0) is 24.3 Å². The van der Waals surface area contributed by atoms with Gasteiger partial charge in [-0.15, -0.1) is 0 Å². The van der Waals surface area contributed by atoms with Crippen molar-refractivity contribution in [1.29, 1.82) is 0 Å². The quantitative estimate of drug-likeness (QED) is 0.766. The highest BCUT2D eigenvalue weighted by atomic mass is 35.5. The molecule has 3 N–H and O–H groups in total. The Morgan fingerprint density at radius 3 is 2.73 bits per heavy atom. The molecule has 2 aromatic rings. The van der Waals surface area contributed by atoms with E-state index in [1.807, 2.05) is 42.5 Å². The van der Waals surface area contributed by atoms with Crippen LogP contribution in [0.2, 0.25) is 5.02 Å². The number of nitrogens with one attached hydrogen (secondary N) is 1. The number of aromatic amines is 1. The van der Waals surface area contributed by atoms with Gasteiger partial charge in [0.05, 0.1) is 17.1 Å². The zero-order valence-corrected chi connectivity index (χ0v) is 9.12. The molecule has 0 saturated carbocycles. The maximum absolute atomic E-state index is 5.89. The van der Waals surface area contributed by atoms with Gasteiger partial charge < -0.3 is 15.6 Å². The van der Waals surface area contributed by atoms with E-state index in [9.17, 15) is 0 Å². The average Bonchev–Trinajstić information content (AvgIpc) is 2.69. The smallest absolute Gasteiger partial charge is 0.0643 e. The SMILES string of the molecule is CN(c1cc[nH]c1)c1ccc(Cl)cc1N. The molecular weight excluding hydrogens is 210 g/mol. The molecule has 0 aliphatic heterocycles. The Hall–Kier alpha value is -1.61. The van der Waals surface area contributed by atoms with E-state index in [1.54, 1.807) is 6.07 Å². The number of nitrogens with two attached hydrogens (primary N) is 1. The molecule has 0 bridgehead atoms. The number of anilines is 3. The van der Waals surface area contributed by atoms with Crippen molar-refractivity contribution in [3.63, 3.8) is 0 Å². The lowest BCUT2D eigenvalue weighted by molar-refractivity contribution is 1.21. The summed E-state index contributed by atoms with van der Waals surface area (Å²) in [5, 5.41) is 0.652. The molecule has 0 amide bonds.